The van der Waals surface area contributed by atoms with Crippen LogP contribution in [0.3, 0.4) is 0 Å². The van der Waals surface area contributed by atoms with E-state index in [2.05, 4.69) is 4.98 Å². The average molecular weight is 422 g/mol. The summed E-state index contributed by atoms with van der Waals surface area (Å²) in [7, 11) is 0. The summed E-state index contributed by atoms with van der Waals surface area (Å²) in [6.07, 6.45) is -3.37. The second-order valence-electron chi connectivity index (χ2n) is 4.55. The van der Waals surface area contributed by atoms with Gasteiger partial charge in [0.25, 0.3) is 5.91 Å². The Hall–Kier alpha value is -1.15. The van der Waals surface area contributed by atoms with Crippen molar-refractivity contribution in [2.75, 3.05) is 6.54 Å². The van der Waals surface area contributed by atoms with Gasteiger partial charge in [-0.25, -0.2) is 4.98 Å². The minimum absolute atomic E-state index is 0.148. The first-order valence-corrected chi connectivity index (χ1v) is 7.69. The Balaban J connectivity index is 2.40. The summed E-state index contributed by atoms with van der Waals surface area (Å²) in [5, 5.41) is -1.21. The SMILES string of the molecule is O=C(c1nc(Cl)c(Cl)c(Cl)c1Cl)N(Cc1ccco1)CC(F)(F)F. The lowest BCUT2D eigenvalue weighted by atomic mass is 10.3. The molecule has 0 aliphatic carbocycles. The van der Waals surface area contributed by atoms with Crippen LogP contribution < -0.4 is 0 Å². The fraction of sp³-hybridized carbons (Fsp3) is 0.231. The van der Waals surface area contributed by atoms with Crippen molar-refractivity contribution in [3.63, 3.8) is 0 Å². The molecule has 11 heteroatoms. The summed E-state index contributed by atoms with van der Waals surface area (Å²) in [4.78, 5) is 16.6. The molecule has 1 amide bonds. The van der Waals surface area contributed by atoms with Crippen LogP contribution in [-0.2, 0) is 6.54 Å². The molecule has 0 bridgehead atoms. The highest BCUT2D eigenvalue weighted by Crippen LogP contribution is 2.36. The molecule has 130 valence electrons. The van der Waals surface area contributed by atoms with Gasteiger partial charge in [-0.1, -0.05) is 46.4 Å². The van der Waals surface area contributed by atoms with Gasteiger partial charge in [-0.15, -0.1) is 0 Å². The molecule has 0 unspecified atom stereocenters. The monoisotopic (exact) mass is 420 g/mol. The number of aromatic nitrogens is 1. The molecule has 0 aliphatic rings. The number of alkyl halides is 3. The molecule has 0 saturated heterocycles. The fourth-order valence-corrected chi connectivity index (χ4v) is 2.59. The first-order valence-electron chi connectivity index (χ1n) is 6.18. The number of hydrogen-bond donors (Lipinski definition) is 0. The van der Waals surface area contributed by atoms with Gasteiger partial charge in [-0.2, -0.15) is 13.2 Å². The summed E-state index contributed by atoms with van der Waals surface area (Å²) in [5.41, 5.74) is -0.535. The third kappa shape index (κ3) is 4.47. The Morgan fingerprint density at radius 3 is 2.38 bits per heavy atom. The highest BCUT2D eigenvalue weighted by Gasteiger charge is 2.35. The molecule has 0 radical (unpaired) electrons. The number of furan rings is 1. The van der Waals surface area contributed by atoms with Gasteiger partial charge >= 0.3 is 6.18 Å². The number of rotatable bonds is 4. The van der Waals surface area contributed by atoms with Crippen molar-refractivity contribution < 1.29 is 22.4 Å². The Morgan fingerprint density at radius 1 is 1.17 bits per heavy atom. The summed E-state index contributed by atoms with van der Waals surface area (Å²) in [5.74, 6) is -0.968. The van der Waals surface area contributed by atoms with E-state index in [9.17, 15) is 18.0 Å². The zero-order valence-electron chi connectivity index (χ0n) is 11.5. The first kappa shape index (κ1) is 19.2. The zero-order chi connectivity index (χ0) is 18.1. The normalized spacial score (nSPS) is 11.6. The second kappa shape index (κ2) is 7.39. The van der Waals surface area contributed by atoms with Crippen molar-refractivity contribution in [1.82, 2.24) is 9.88 Å². The van der Waals surface area contributed by atoms with Gasteiger partial charge in [0.2, 0.25) is 0 Å². The number of amides is 1. The first-order chi connectivity index (χ1) is 11.1. The van der Waals surface area contributed by atoms with E-state index in [1.54, 1.807) is 0 Å². The van der Waals surface area contributed by atoms with Gasteiger partial charge in [-0.3, -0.25) is 4.79 Å². The van der Waals surface area contributed by atoms with E-state index in [0.717, 1.165) is 0 Å². The Morgan fingerprint density at radius 2 is 1.83 bits per heavy atom. The van der Waals surface area contributed by atoms with Crippen LogP contribution in [0.15, 0.2) is 22.8 Å². The van der Waals surface area contributed by atoms with Gasteiger partial charge in [-0.05, 0) is 12.1 Å². The second-order valence-corrected chi connectivity index (χ2v) is 6.04. The summed E-state index contributed by atoms with van der Waals surface area (Å²) < 4.78 is 43.3. The van der Waals surface area contributed by atoms with Crippen LogP contribution in [0.5, 0.6) is 0 Å². The van der Waals surface area contributed by atoms with Gasteiger partial charge in [0.05, 0.1) is 27.9 Å². The van der Waals surface area contributed by atoms with Crippen molar-refractivity contribution in [1.29, 1.82) is 0 Å². The number of halogens is 7. The van der Waals surface area contributed by atoms with E-state index in [0.29, 0.717) is 4.90 Å². The zero-order valence-corrected chi connectivity index (χ0v) is 14.5. The number of carbonyl (C=O) groups excluding carboxylic acids is 1. The summed E-state index contributed by atoms with van der Waals surface area (Å²) >= 11 is 23.1. The van der Waals surface area contributed by atoms with Gasteiger partial charge in [0.1, 0.15) is 23.2 Å². The van der Waals surface area contributed by atoms with Gasteiger partial charge < -0.3 is 9.32 Å². The predicted octanol–water partition coefficient (Wildman–Crippen LogP) is 5.49. The van der Waals surface area contributed by atoms with Crippen LogP contribution in [0.2, 0.25) is 20.2 Å². The molecule has 0 N–H and O–H groups in total. The van der Waals surface area contributed by atoms with Crippen molar-refractivity contribution in [2.24, 2.45) is 0 Å². The lowest BCUT2D eigenvalue weighted by molar-refractivity contribution is -0.142. The Bertz CT molecular complexity index is 751. The van der Waals surface area contributed by atoms with E-state index in [1.165, 1.54) is 18.4 Å². The van der Waals surface area contributed by atoms with Gasteiger partial charge in [0, 0.05) is 0 Å². The topological polar surface area (TPSA) is 46.3 Å². The third-order valence-corrected chi connectivity index (χ3v) is 4.45. The summed E-state index contributed by atoms with van der Waals surface area (Å²) in [6.45, 7) is -1.98. The van der Waals surface area contributed by atoms with Crippen molar-refractivity contribution in [3.8, 4) is 0 Å². The molecule has 2 rings (SSSR count). The molecular weight excluding hydrogens is 415 g/mol. The minimum atomic E-state index is -4.64. The maximum absolute atomic E-state index is 12.8. The molecule has 0 saturated carbocycles. The van der Waals surface area contributed by atoms with Gasteiger partial charge in [0.15, 0.2) is 0 Å². The molecule has 0 aromatic carbocycles. The average Bonchev–Trinajstić information content (AvgIpc) is 2.99. The maximum atomic E-state index is 12.8. The Kier molecular flexibility index (Phi) is 5.91. The minimum Gasteiger partial charge on any atom is -0.467 e. The van der Waals surface area contributed by atoms with Crippen LogP contribution in [-0.4, -0.2) is 28.5 Å². The molecule has 2 aromatic rings. The lowest BCUT2D eigenvalue weighted by Crippen LogP contribution is -2.39. The van der Waals surface area contributed by atoms with Crippen LogP contribution in [0, 0.1) is 0 Å². The van der Waals surface area contributed by atoms with Crippen molar-refractivity contribution in [3.05, 3.63) is 50.1 Å². The highest BCUT2D eigenvalue weighted by atomic mass is 35.5. The summed E-state index contributed by atoms with van der Waals surface area (Å²) in [6, 6.07) is 2.90. The molecule has 0 spiro atoms. The van der Waals surface area contributed by atoms with E-state index in [-0.39, 0.29) is 26.0 Å². The maximum Gasteiger partial charge on any atom is 0.406 e. The number of pyridine rings is 1. The van der Waals surface area contributed by atoms with E-state index >= 15 is 0 Å². The van der Waals surface area contributed by atoms with Crippen LogP contribution in [0.4, 0.5) is 13.2 Å². The number of nitrogens with zero attached hydrogens (tertiary/aromatic N) is 2. The third-order valence-electron chi connectivity index (χ3n) is 2.77. The molecule has 0 aliphatic heterocycles. The lowest BCUT2D eigenvalue weighted by Gasteiger charge is -2.23. The molecule has 2 heterocycles. The van der Waals surface area contributed by atoms with Crippen LogP contribution in [0.1, 0.15) is 16.2 Å². The molecule has 0 atom stereocenters. The number of carbonyl (C=O) groups is 1. The Labute approximate surface area is 154 Å². The molecule has 2 aromatic heterocycles. The fourth-order valence-electron chi connectivity index (χ4n) is 1.79. The van der Waals surface area contributed by atoms with Crippen LogP contribution in [0.25, 0.3) is 0 Å². The van der Waals surface area contributed by atoms with E-state index in [4.69, 9.17) is 50.8 Å². The van der Waals surface area contributed by atoms with E-state index < -0.39 is 30.9 Å². The van der Waals surface area contributed by atoms with Crippen molar-refractivity contribution in [2.45, 2.75) is 12.7 Å². The smallest absolute Gasteiger partial charge is 0.406 e. The standard InChI is InChI=1S/C13H7Cl4F3N2O2/c14-7-8(15)10(21-11(17)9(7)16)12(23)22(5-13(18,19)20)4-6-2-1-3-24-6/h1-3H,4-5H2. The van der Waals surface area contributed by atoms with Crippen molar-refractivity contribution >= 4 is 52.3 Å². The highest BCUT2D eigenvalue weighted by molar-refractivity contribution is 6.52. The van der Waals surface area contributed by atoms with Crippen LogP contribution >= 0.6 is 46.4 Å². The molecular formula is C13H7Cl4F3N2O2. The molecule has 4 nitrogen and oxygen atoms in total. The molecule has 0 fully saturated rings. The largest absolute Gasteiger partial charge is 0.467 e. The molecule has 24 heavy (non-hydrogen) atoms. The number of hydrogen-bond acceptors (Lipinski definition) is 3. The van der Waals surface area contributed by atoms with E-state index in [1.807, 2.05) is 0 Å². The quantitative estimate of drug-likeness (QED) is 0.613. The predicted molar refractivity (Wildman–Crippen MR) is 83.8 cm³/mol.